The Bertz CT molecular complexity index is 805. The lowest BCUT2D eigenvalue weighted by Gasteiger charge is -2.29. The van der Waals surface area contributed by atoms with Gasteiger partial charge in [0, 0.05) is 32.4 Å². The number of halogens is 3. The Labute approximate surface area is 155 Å². The molecule has 0 fully saturated rings. The molecule has 0 aliphatic heterocycles. The SMILES string of the molecule is Cc1ccc(OCC(=O)NCCC(O)(c2nccn2C)C(F)(F)F)c(C)c1. The van der Waals surface area contributed by atoms with Crippen molar-refractivity contribution in [1.82, 2.24) is 14.9 Å². The molecule has 0 saturated carbocycles. The zero-order valence-electron chi connectivity index (χ0n) is 15.3. The van der Waals surface area contributed by atoms with Gasteiger partial charge in [-0.25, -0.2) is 4.98 Å². The predicted octanol–water partition coefficient (Wildman–Crippen LogP) is 2.37. The number of benzene rings is 1. The molecule has 0 saturated heterocycles. The fourth-order valence-electron chi connectivity index (χ4n) is 2.68. The highest BCUT2D eigenvalue weighted by Crippen LogP contribution is 2.40. The van der Waals surface area contributed by atoms with E-state index in [2.05, 4.69) is 10.3 Å². The first-order valence-electron chi connectivity index (χ1n) is 8.28. The number of nitrogens with zero attached hydrogens (tertiary/aromatic N) is 2. The van der Waals surface area contributed by atoms with Gasteiger partial charge in [0.1, 0.15) is 11.6 Å². The highest BCUT2D eigenvalue weighted by atomic mass is 19.4. The summed E-state index contributed by atoms with van der Waals surface area (Å²) in [5, 5.41) is 12.5. The molecule has 0 bridgehead atoms. The van der Waals surface area contributed by atoms with Crippen LogP contribution in [0.15, 0.2) is 30.6 Å². The summed E-state index contributed by atoms with van der Waals surface area (Å²) >= 11 is 0. The minimum Gasteiger partial charge on any atom is -0.484 e. The van der Waals surface area contributed by atoms with Crippen LogP contribution >= 0.6 is 0 Å². The van der Waals surface area contributed by atoms with Crippen LogP contribution in [0.2, 0.25) is 0 Å². The van der Waals surface area contributed by atoms with E-state index in [1.165, 1.54) is 19.4 Å². The summed E-state index contributed by atoms with van der Waals surface area (Å²) in [5.41, 5.74) is -1.26. The van der Waals surface area contributed by atoms with Gasteiger partial charge in [-0.1, -0.05) is 17.7 Å². The van der Waals surface area contributed by atoms with Crippen LogP contribution in [0, 0.1) is 13.8 Å². The minimum absolute atomic E-state index is 0.337. The first-order valence-corrected chi connectivity index (χ1v) is 8.28. The van der Waals surface area contributed by atoms with Gasteiger partial charge < -0.3 is 19.7 Å². The number of ether oxygens (including phenoxy) is 1. The number of carbonyl (C=O) groups excluding carboxylic acids is 1. The first-order chi connectivity index (χ1) is 12.5. The summed E-state index contributed by atoms with van der Waals surface area (Å²) in [6.45, 7) is 3.03. The molecule has 27 heavy (non-hydrogen) atoms. The van der Waals surface area contributed by atoms with E-state index in [1.807, 2.05) is 26.0 Å². The molecule has 2 N–H and O–H groups in total. The smallest absolute Gasteiger partial charge is 0.424 e. The standard InChI is InChI=1S/C18H22F3N3O3/c1-12-4-5-14(13(2)10-12)27-11-15(25)22-7-6-17(26,18(19,20)21)16-23-8-9-24(16)3/h4-5,8-10,26H,6-7,11H2,1-3H3,(H,22,25). The van der Waals surface area contributed by atoms with E-state index in [0.29, 0.717) is 5.75 Å². The second-order valence-corrected chi connectivity index (χ2v) is 6.38. The van der Waals surface area contributed by atoms with Crippen molar-refractivity contribution < 1.29 is 27.8 Å². The quantitative estimate of drug-likeness (QED) is 0.767. The monoisotopic (exact) mass is 385 g/mol. The Balaban J connectivity index is 1.93. The zero-order valence-corrected chi connectivity index (χ0v) is 15.3. The minimum atomic E-state index is -4.94. The molecule has 0 aliphatic carbocycles. The summed E-state index contributed by atoms with van der Waals surface area (Å²) in [7, 11) is 1.36. The number of hydrogen-bond acceptors (Lipinski definition) is 4. The van der Waals surface area contributed by atoms with Crippen molar-refractivity contribution in [2.24, 2.45) is 7.05 Å². The third kappa shape index (κ3) is 4.79. The molecule has 0 aliphatic rings. The summed E-state index contributed by atoms with van der Waals surface area (Å²) in [6.07, 6.45) is -3.23. The maximum atomic E-state index is 13.4. The fourth-order valence-corrected chi connectivity index (χ4v) is 2.68. The van der Waals surface area contributed by atoms with Crippen molar-refractivity contribution in [2.45, 2.75) is 32.0 Å². The Hall–Kier alpha value is -2.55. The van der Waals surface area contributed by atoms with E-state index in [9.17, 15) is 23.1 Å². The highest BCUT2D eigenvalue weighted by molar-refractivity contribution is 5.77. The van der Waals surface area contributed by atoms with Gasteiger partial charge in [-0.3, -0.25) is 4.79 Å². The Morgan fingerprint density at radius 2 is 2.04 bits per heavy atom. The largest absolute Gasteiger partial charge is 0.484 e. The molecule has 148 valence electrons. The summed E-state index contributed by atoms with van der Waals surface area (Å²) in [5.74, 6) is -0.592. The van der Waals surface area contributed by atoms with Crippen LogP contribution in [0.1, 0.15) is 23.4 Å². The van der Waals surface area contributed by atoms with Gasteiger partial charge in [-0.15, -0.1) is 0 Å². The molecule has 2 aromatic rings. The number of nitrogens with one attached hydrogen (secondary N) is 1. The number of alkyl halides is 3. The topological polar surface area (TPSA) is 76.4 Å². The number of hydrogen-bond donors (Lipinski definition) is 2. The molecule has 0 spiro atoms. The van der Waals surface area contributed by atoms with Gasteiger partial charge in [-0.2, -0.15) is 13.2 Å². The maximum absolute atomic E-state index is 13.4. The van der Waals surface area contributed by atoms with Gasteiger partial charge in [0.2, 0.25) is 5.60 Å². The van der Waals surface area contributed by atoms with Gasteiger partial charge >= 0.3 is 6.18 Å². The fraction of sp³-hybridized carbons (Fsp3) is 0.444. The van der Waals surface area contributed by atoms with Crippen LogP contribution in [-0.4, -0.2) is 39.9 Å². The molecule has 0 radical (unpaired) electrons. The van der Waals surface area contributed by atoms with Crippen molar-refractivity contribution in [3.05, 3.63) is 47.5 Å². The van der Waals surface area contributed by atoms with Crippen LogP contribution in [0.3, 0.4) is 0 Å². The summed E-state index contributed by atoms with van der Waals surface area (Å²) < 4.78 is 46.6. The molecule has 1 aromatic carbocycles. The third-order valence-electron chi connectivity index (χ3n) is 4.16. The molecular formula is C18H22F3N3O3. The van der Waals surface area contributed by atoms with Crippen LogP contribution in [0.5, 0.6) is 5.75 Å². The highest BCUT2D eigenvalue weighted by Gasteiger charge is 2.57. The first kappa shape index (κ1) is 20.8. The Morgan fingerprint density at radius 1 is 1.33 bits per heavy atom. The average molecular weight is 385 g/mol. The zero-order chi connectivity index (χ0) is 20.2. The Kier molecular flexibility index (Phi) is 6.15. The van der Waals surface area contributed by atoms with Gasteiger partial charge in [0.15, 0.2) is 6.61 Å². The van der Waals surface area contributed by atoms with Crippen LogP contribution in [-0.2, 0) is 17.4 Å². The molecule has 9 heteroatoms. The van der Waals surface area contributed by atoms with Crippen molar-refractivity contribution in [3.63, 3.8) is 0 Å². The molecule has 1 aromatic heterocycles. The summed E-state index contributed by atoms with van der Waals surface area (Å²) in [6, 6.07) is 5.45. The van der Waals surface area contributed by atoms with Crippen molar-refractivity contribution in [3.8, 4) is 5.75 Å². The van der Waals surface area contributed by atoms with Crippen LogP contribution in [0.4, 0.5) is 13.2 Å². The number of imidazole rings is 1. The van der Waals surface area contributed by atoms with Gasteiger partial charge in [0.05, 0.1) is 0 Å². The van der Waals surface area contributed by atoms with Gasteiger partial charge in [0.25, 0.3) is 5.91 Å². The molecule has 1 atom stereocenters. The number of aliphatic hydroxyl groups is 1. The lowest BCUT2D eigenvalue weighted by molar-refractivity contribution is -0.272. The van der Waals surface area contributed by atoms with E-state index >= 15 is 0 Å². The predicted molar refractivity (Wildman–Crippen MR) is 92.2 cm³/mol. The second-order valence-electron chi connectivity index (χ2n) is 6.38. The summed E-state index contributed by atoms with van der Waals surface area (Å²) in [4.78, 5) is 15.5. The number of amides is 1. The van der Waals surface area contributed by atoms with Crippen LogP contribution < -0.4 is 10.1 Å². The van der Waals surface area contributed by atoms with E-state index in [-0.39, 0.29) is 6.61 Å². The average Bonchev–Trinajstić information content (AvgIpc) is 2.99. The van der Waals surface area contributed by atoms with Crippen LogP contribution in [0.25, 0.3) is 0 Å². The number of carbonyl (C=O) groups is 1. The second kappa shape index (κ2) is 7.99. The van der Waals surface area contributed by atoms with E-state index in [4.69, 9.17) is 4.74 Å². The van der Waals surface area contributed by atoms with Crippen molar-refractivity contribution in [1.29, 1.82) is 0 Å². The van der Waals surface area contributed by atoms with Crippen molar-refractivity contribution in [2.75, 3.05) is 13.2 Å². The molecule has 1 heterocycles. The number of aromatic nitrogens is 2. The third-order valence-corrected chi connectivity index (χ3v) is 4.16. The normalized spacial score (nSPS) is 13.9. The van der Waals surface area contributed by atoms with E-state index in [0.717, 1.165) is 15.7 Å². The number of aryl methyl sites for hydroxylation is 3. The lowest BCUT2D eigenvalue weighted by Crippen LogP contribution is -2.47. The maximum Gasteiger partial charge on any atom is 0.424 e. The van der Waals surface area contributed by atoms with E-state index < -0.39 is 36.5 Å². The number of rotatable bonds is 7. The molecular weight excluding hydrogens is 363 g/mol. The lowest BCUT2D eigenvalue weighted by atomic mass is 9.97. The Morgan fingerprint density at radius 3 is 2.59 bits per heavy atom. The molecule has 1 amide bonds. The van der Waals surface area contributed by atoms with Gasteiger partial charge in [-0.05, 0) is 25.5 Å². The molecule has 2 rings (SSSR count). The molecule has 1 unspecified atom stereocenters. The van der Waals surface area contributed by atoms with Crippen molar-refractivity contribution >= 4 is 5.91 Å². The molecule has 6 nitrogen and oxygen atoms in total. The van der Waals surface area contributed by atoms with E-state index in [1.54, 1.807) is 6.07 Å².